The molecule has 1 aliphatic heterocycles. The van der Waals surface area contributed by atoms with E-state index < -0.39 is 5.97 Å². The highest BCUT2D eigenvalue weighted by Gasteiger charge is 2.22. The van der Waals surface area contributed by atoms with Gasteiger partial charge >= 0.3 is 5.97 Å². The molecule has 33 heavy (non-hydrogen) atoms. The molecule has 1 aromatic heterocycles. The van der Waals surface area contributed by atoms with Crippen molar-refractivity contribution in [2.24, 2.45) is 0 Å². The number of rotatable bonds is 8. The van der Waals surface area contributed by atoms with Gasteiger partial charge in [0.15, 0.2) is 11.0 Å². The fourth-order valence-electron chi connectivity index (χ4n) is 3.56. The molecular formula is C23H23ClN4O4S. The SMILES string of the molecule is COC(=O)c1ccccc1NC(=O)CSc1nnc(-c2ccc(Cl)cc2)n1CC1CCCO1. The minimum absolute atomic E-state index is 0.0761. The third kappa shape index (κ3) is 5.73. The van der Waals surface area contributed by atoms with Gasteiger partial charge in [0.1, 0.15) is 0 Å². The largest absolute Gasteiger partial charge is 0.465 e. The Morgan fingerprint density at radius 2 is 2.00 bits per heavy atom. The van der Waals surface area contributed by atoms with Crippen molar-refractivity contribution >= 4 is 40.9 Å². The van der Waals surface area contributed by atoms with Gasteiger partial charge in [-0.2, -0.15) is 0 Å². The average Bonchev–Trinajstić information content (AvgIpc) is 3.48. The standard InChI is InChI=1S/C23H23ClN4O4S/c1-31-22(30)18-6-2-3-7-19(18)25-20(29)14-33-23-27-26-21(15-8-10-16(24)11-9-15)28(23)13-17-5-4-12-32-17/h2-3,6-11,17H,4-5,12-14H2,1H3,(H,25,29). The number of carbonyl (C=O) groups is 2. The maximum Gasteiger partial charge on any atom is 0.339 e. The van der Waals surface area contributed by atoms with Gasteiger partial charge < -0.3 is 14.8 Å². The van der Waals surface area contributed by atoms with Gasteiger partial charge in [-0.15, -0.1) is 10.2 Å². The number of nitrogens with zero attached hydrogens (tertiary/aromatic N) is 3. The molecule has 0 bridgehead atoms. The van der Waals surface area contributed by atoms with Gasteiger partial charge in [-0.25, -0.2) is 4.79 Å². The molecule has 0 radical (unpaired) electrons. The maximum absolute atomic E-state index is 12.6. The molecule has 1 fully saturated rings. The summed E-state index contributed by atoms with van der Waals surface area (Å²) in [6.45, 7) is 1.34. The molecule has 0 aliphatic carbocycles. The molecule has 1 aliphatic rings. The molecule has 0 saturated carbocycles. The van der Waals surface area contributed by atoms with Crippen molar-refractivity contribution in [2.75, 3.05) is 24.8 Å². The van der Waals surface area contributed by atoms with Gasteiger partial charge in [0.25, 0.3) is 0 Å². The molecule has 172 valence electrons. The number of esters is 1. The highest BCUT2D eigenvalue weighted by atomic mass is 35.5. The third-order valence-electron chi connectivity index (χ3n) is 5.17. The van der Waals surface area contributed by atoms with E-state index in [2.05, 4.69) is 15.5 Å². The van der Waals surface area contributed by atoms with E-state index in [0.717, 1.165) is 25.0 Å². The lowest BCUT2D eigenvalue weighted by molar-refractivity contribution is -0.113. The second kappa shape index (κ2) is 10.8. The number of aromatic nitrogens is 3. The number of hydrogen-bond acceptors (Lipinski definition) is 7. The molecule has 1 atom stereocenters. The van der Waals surface area contributed by atoms with Crippen LogP contribution in [0.1, 0.15) is 23.2 Å². The van der Waals surface area contributed by atoms with Gasteiger partial charge in [0.2, 0.25) is 5.91 Å². The molecule has 1 amide bonds. The number of carbonyl (C=O) groups excluding carboxylic acids is 2. The fraction of sp³-hybridized carbons (Fsp3) is 0.304. The number of benzene rings is 2. The highest BCUT2D eigenvalue weighted by Crippen LogP contribution is 2.27. The monoisotopic (exact) mass is 486 g/mol. The van der Waals surface area contributed by atoms with Crippen molar-refractivity contribution in [3.05, 3.63) is 59.1 Å². The van der Waals surface area contributed by atoms with Crippen molar-refractivity contribution in [1.29, 1.82) is 0 Å². The van der Waals surface area contributed by atoms with Crippen LogP contribution in [-0.2, 0) is 20.8 Å². The second-order valence-corrected chi connectivity index (χ2v) is 8.81. The van der Waals surface area contributed by atoms with Crippen LogP contribution in [0.2, 0.25) is 5.02 Å². The molecule has 1 saturated heterocycles. The van der Waals surface area contributed by atoms with Gasteiger partial charge in [-0.3, -0.25) is 9.36 Å². The number of nitrogens with one attached hydrogen (secondary N) is 1. The number of ether oxygens (including phenoxy) is 2. The smallest absolute Gasteiger partial charge is 0.339 e. The summed E-state index contributed by atoms with van der Waals surface area (Å²) in [5.74, 6) is 0.0133. The van der Waals surface area contributed by atoms with Crippen LogP contribution >= 0.6 is 23.4 Å². The molecule has 10 heteroatoms. The van der Waals surface area contributed by atoms with Crippen LogP contribution in [0.15, 0.2) is 53.7 Å². The summed E-state index contributed by atoms with van der Waals surface area (Å²) in [4.78, 5) is 24.6. The normalized spacial score (nSPS) is 15.4. The zero-order valence-corrected chi connectivity index (χ0v) is 19.6. The first-order valence-electron chi connectivity index (χ1n) is 10.5. The molecule has 1 unspecified atom stereocenters. The van der Waals surface area contributed by atoms with Crippen molar-refractivity contribution in [1.82, 2.24) is 14.8 Å². The van der Waals surface area contributed by atoms with Crippen molar-refractivity contribution < 1.29 is 19.1 Å². The third-order valence-corrected chi connectivity index (χ3v) is 6.39. The average molecular weight is 487 g/mol. The lowest BCUT2D eigenvalue weighted by Gasteiger charge is -2.15. The van der Waals surface area contributed by atoms with E-state index in [1.807, 2.05) is 16.7 Å². The van der Waals surface area contributed by atoms with Crippen LogP contribution in [0.4, 0.5) is 5.69 Å². The highest BCUT2D eigenvalue weighted by molar-refractivity contribution is 7.99. The zero-order valence-electron chi connectivity index (χ0n) is 18.0. The van der Waals surface area contributed by atoms with E-state index in [-0.39, 0.29) is 17.8 Å². The first-order valence-corrected chi connectivity index (χ1v) is 11.8. The maximum atomic E-state index is 12.6. The topological polar surface area (TPSA) is 95.3 Å². The van der Waals surface area contributed by atoms with Gasteiger partial charge in [-0.05, 0) is 49.2 Å². The predicted molar refractivity (Wildman–Crippen MR) is 127 cm³/mol. The zero-order chi connectivity index (χ0) is 23.2. The van der Waals surface area contributed by atoms with Crippen LogP contribution in [0, 0.1) is 0 Å². The van der Waals surface area contributed by atoms with Gasteiger partial charge in [-0.1, -0.05) is 35.5 Å². The molecule has 1 N–H and O–H groups in total. The van der Waals surface area contributed by atoms with Crippen molar-refractivity contribution in [2.45, 2.75) is 30.6 Å². The molecular weight excluding hydrogens is 464 g/mol. The number of methoxy groups -OCH3 is 1. The number of anilines is 1. The van der Waals surface area contributed by atoms with Crippen LogP contribution in [-0.4, -0.2) is 52.2 Å². The summed E-state index contributed by atoms with van der Waals surface area (Å²) in [6, 6.07) is 14.1. The molecule has 8 nitrogen and oxygen atoms in total. The first kappa shape index (κ1) is 23.3. The number of hydrogen-bond donors (Lipinski definition) is 1. The molecule has 0 spiro atoms. The molecule has 3 aromatic rings. The lowest BCUT2D eigenvalue weighted by atomic mass is 10.2. The minimum atomic E-state index is -0.512. The summed E-state index contributed by atoms with van der Waals surface area (Å²) in [6.07, 6.45) is 2.06. The summed E-state index contributed by atoms with van der Waals surface area (Å²) in [7, 11) is 1.30. The van der Waals surface area contributed by atoms with E-state index >= 15 is 0 Å². The molecule has 2 aromatic carbocycles. The summed E-state index contributed by atoms with van der Waals surface area (Å²) in [5, 5.41) is 12.7. The summed E-state index contributed by atoms with van der Waals surface area (Å²) < 4.78 is 12.6. The van der Waals surface area contributed by atoms with Crippen molar-refractivity contribution in [3.63, 3.8) is 0 Å². The van der Waals surface area contributed by atoms with Crippen LogP contribution in [0.3, 0.4) is 0 Å². The number of thioether (sulfide) groups is 1. The van der Waals surface area contributed by atoms with E-state index in [1.165, 1.54) is 18.9 Å². The van der Waals surface area contributed by atoms with E-state index in [0.29, 0.717) is 33.8 Å². The Morgan fingerprint density at radius 1 is 1.21 bits per heavy atom. The van der Waals surface area contributed by atoms with Crippen LogP contribution < -0.4 is 5.32 Å². The Labute approximate surface area is 200 Å². The molecule has 2 heterocycles. The minimum Gasteiger partial charge on any atom is -0.465 e. The lowest BCUT2D eigenvalue weighted by Crippen LogP contribution is -2.19. The Balaban J connectivity index is 1.50. The second-order valence-electron chi connectivity index (χ2n) is 7.43. The Bertz CT molecular complexity index is 1130. The van der Waals surface area contributed by atoms with Gasteiger partial charge in [0.05, 0.1) is 36.8 Å². The Hall–Kier alpha value is -2.88. The van der Waals surface area contributed by atoms with E-state index in [1.54, 1.807) is 36.4 Å². The number of para-hydroxylation sites is 1. The van der Waals surface area contributed by atoms with Gasteiger partial charge in [0, 0.05) is 17.2 Å². The number of amides is 1. The fourth-order valence-corrected chi connectivity index (χ4v) is 4.43. The Morgan fingerprint density at radius 3 is 2.73 bits per heavy atom. The van der Waals surface area contributed by atoms with Crippen molar-refractivity contribution in [3.8, 4) is 11.4 Å². The van der Waals surface area contributed by atoms with Crippen LogP contribution in [0.5, 0.6) is 0 Å². The van der Waals surface area contributed by atoms with E-state index in [4.69, 9.17) is 21.1 Å². The van der Waals surface area contributed by atoms with Crippen LogP contribution in [0.25, 0.3) is 11.4 Å². The number of halogens is 1. The predicted octanol–water partition coefficient (Wildman–Crippen LogP) is 4.29. The quantitative estimate of drug-likeness (QED) is 0.374. The first-order chi connectivity index (χ1) is 16.0. The Kier molecular flexibility index (Phi) is 7.64. The molecule has 4 rings (SSSR count). The summed E-state index contributed by atoms with van der Waals surface area (Å²) in [5.41, 5.74) is 1.58. The summed E-state index contributed by atoms with van der Waals surface area (Å²) >= 11 is 7.31. The van der Waals surface area contributed by atoms with E-state index in [9.17, 15) is 9.59 Å².